The van der Waals surface area contributed by atoms with Crippen LogP contribution in [-0.2, 0) is 0 Å². The molecule has 0 fully saturated rings. The lowest BCUT2D eigenvalue weighted by Gasteiger charge is -2.28. The molecule has 0 spiro atoms. The molecule has 1 atom stereocenters. The molecule has 1 heterocycles. The summed E-state index contributed by atoms with van der Waals surface area (Å²) in [7, 11) is 0. The molecule has 4 heteroatoms. The van der Waals surface area contributed by atoms with Crippen LogP contribution in [0.1, 0.15) is 20.8 Å². The minimum absolute atomic E-state index is 0.197. The first-order chi connectivity index (χ1) is 6.92. The fourth-order valence-corrected chi connectivity index (χ4v) is 1.17. The number of halogens is 1. The average molecular weight is 229 g/mol. The van der Waals surface area contributed by atoms with Gasteiger partial charge < -0.3 is 10.4 Å². The lowest BCUT2D eigenvalue weighted by atomic mass is 9.92. The fraction of sp³-hybridized carbons (Fsp3) is 0.545. The second-order valence-corrected chi connectivity index (χ2v) is 4.62. The van der Waals surface area contributed by atoms with Gasteiger partial charge in [-0.3, -0.25) is 0 Å². The number of aliphatic hydroxyl groups is 1. The van der Waals surface area contributed by atoms with Gasteiger partial charge in [0.2, 0.25) is 0 Å². The summed E-state index contributed by atoms with van der Waals surface area (Å²) < 4.78 is 0. The van der Waals surface area contributed by atoms with Crippen LogP contribution in [0, 0.1) is 5.92 Å². The van der Waals surface area contributed by atoms with Gasteiger partial charge in [-0.2, -0.15) is 0 Å². The highest BCUT2D eigenvalue weighted by molar-refractivity contribution is 6.29. The third kappa shape index (κ3) is 3.68. The van der Waals surface area contributed by atoms with Gasteiger partial charge in [0.15, 0.2) is 0 Å². The van der Waals surface area contributed by atoms with Crippen LogP contribution < -0.4 is 5.32 Å². The van der Waals surface area contributed by atoms with Crippen molar-refractivity contribution in [2.75, 3.05) is 11.9 Å². The molecular formula is C11H17ClN2O. The maximum atomic E-state index is 10.0. The molecule has 1 rings (SSSR count). The Morgan fingerprint density at radius 3 is 2.80 bits per heavy atom. The summed E-state index contributed by atoms with van der Waals surface area (Å²) in [6.07, 6.45) is 1.63. The van der Waals surface area contributed by atoms with Gasteiger partial charge in [0.05, 0.1) is 5.60 Å². The summed E-state index contributed by atoms with van der Waals surface area (Å²) >= 11 is 5.74. The van der Waals surface area contributed by atoms with Crippen LogP contribution in [0.25, 0.3) is 0 Å². The molecule has 0 saturated heterocycles. The zero-order valence-electron chi connectivity index (χ0n) is 9.29. The molecule has 0 bridgehead atoms. The topological polar surface area (TPSA) is 45.1 Å². The lowest BCUT2D eigenvalue weighted by molar-refractivity contribution is 0.0266. The van der Waals surface area contributed by atoms with E-state index in [0.29, 0.717) is 11.7 Å². The number of aromatic nitrogens is 1. The molecule has 2 N–H and O–H groups in total. The van der Waals surface area contributed by atoms with E-state index >= 15 is 0 Å². The van der Waals surface area contributed by atoms with Crippen molar-refractivity contribution in [3.05, 3.63) is 23.5 Å². The molecule has 15 heavy (non-hydrogen) atoms. The molecule has 0 saturated carbocycles. The van der Waals surface area contributed by atoms with E-state index in [1.165, 1.54) is 0 Å². The average Bonchev–Trinajstić information content (AvgIpc) is 2.15. The Balaban J connectivity index is 2.57. The van der Waals surface area contributed by atoms with Crippen LogP contribution in [0.3, 0.4) is 0 Å². The first-order valence-corrected chi connectivity index (χ1v) is 5.37. The minimum atomic E-state index is -0.726. The van der Waals surface area contributed by atoms with E-state index in [1.807, 2.05) is 26.8 Å². The monoisotopic (exact) mass is 228 g/mol. The number of nitrogens with one attached hydrogen (secondary N) is 1. The molecular weight excluding hydrogens is 212 g/mol. The van der Waals surface area contributed by atoms with Crippen LogP contribution in [0.5, 0.6) is 0 Å². The number of anilines is 1. The Bertz CT molecular complexity index is 326. The summed E-state index contributed by atoms with van der Waals surface area (Å²) in [4.78, 5) is 3.88. The number of pyridine rings is 1. The number of nitrogens with zero attached hydrogens (tertiary/aromatic N) is 1. The smallest absolute Gasteiger partial charge is 0.131 e. The van der Waals surface area contributed by atoms with Crippen molar-refractivity contribution in [1.29, 1.82) is 0 Å². The highest BCUT2D eigenvalue weighted by Gasteiger charge is 2.24. The van der Waals surface area contributed by atoms with Gasteiger partial charge in [0.1, 0.15) is 5.15 Å². The van der Waals surface area contributed by atoms with Crippen molar-refractivity contribution in [3.63, 3.8) is 0 Å². The Hall–Kier alpha value is -0.800. The molecule has 0 aromatic carbocycles. The highest BCUT2D eigenvalue weighted by atomic mass is 35.5. The van der Waals surface area contributed by atoms with Crippen molar-refractivity contribution < 1.29 is 5.11 Å². The number of hydrogen-bond acceptors (Lipinski definition) is 3. The molecule has 0 amide bonds. The zero-order valence-corrected chi connectivity index (χ0v) is 10.0. The molecule has 3 nitrogen and oxygen atoms in total. The molecule has 0 radical (unpaired) electrons. The summed E-state index contributed by atoms with van der Waals surface area (Å²) in [5.74, 6) is 0.197. The van der Waals surface area contributed by atoms with Gasteiger partial charge in [0, 0.05) is 18.4 Å². The van der Waals surface area contributed by atoms with E-state index in [-0.39, 0.29) is 5.92 Å². The van der Waals surface area contributed by atoms with Gasteiger partial charge in [-0.15, -0.1) is 0 Å². The zero-order chi connectivity index (χ0) is 11.5. The largest absolute Gasteiger partial charge is 0.388 e. The van der Waals surface area contributed by atoms with Crippen LogP contribution in [0.15, 0.2) is 18.3 Å². The summed E-state index contributed by atoms with van der Waals surface area (Å²) in [5, 5.41) is 13.6. The third-order valence-electron chi connectivity index (χ3n) is 2.62. The number of hydrogen-bond donors (Lipinski definition) is 2. The Morgan fingerprint density at radius 2 is 2.27 bits per heavy atom. The van der Waals surface area contributed by atoms with Gasteiger partial charge in [-0.1, -0.05) is 25.4 Å². The summed E-state index contributed by atoms with van der Waals surface area (Å²) in [5.41, 5.74) is 0.145. The highest BCUT2D eigenvalue weighted by Crippen LogP contribution is 2.18. The first kappa shape index (κ1) is 12.3. The second kappa shape index (κ2) is 4.81. The molecule has 84 valence electrons. The molecule has 0 aliphatic carbocycles. The Kier molecular flexibility index (Phi) is 3.94. The van der Waals surface area contributed by atoms with Crippen molar-refractivity contribution in [2.45, 2.75) is 26.4 Å². The lowest BCUT2D eigenvalue weighted by Crippen LogP contribution is -2.38. The van der Waals surface area contributed by atoms with E-state index in [1.54, 1.807) is 12.3 Å². The standard InChI is InChI=1S/C11H17ClN2O/c1-8(2)11(3,15)7-14-9-4-5-13-10(12)6-9/h4-6,8,15H,7H2,1-3H3,(H,13,14). The summed E-state index contributed by atoms with van der Waals surface area (Å²) in [6.45, 7) is 6.28. The van der Waals surface area contributed by atoms with Gasteiger partial charge in [0.25, 0.3) is 0 Å². The van der Waals surface area contributed by atoms with Crippen LogP contribution in [0.4, 0.5) is 5.69 Å². The van der Waals surface area contributed by atoms with Crippen LogP contribution in [0.2, 0.25) is 5.15 Å². The molecule has 1 aromatic rings. The van der Waals surface area contributed by atoms with E-state index in [2.05, 4.69) is 10.3 Å². The molecule has 0 aliphatic rings. The first-order valence-electron chi connectivity index (χ1n) is 4.99. The second-order valence-electron chi connectivity index (χ2n) is 4.23. The fourth-order valence-electron chi connectivity index (χ4n) is 0.998. The summed E-state index contributed by atoms with van der Waals surface area (Å²) in [6, 6.07) is 3.56. The van der Waals surface area contributed by atoms with Gasteiger partial charge in [-0.05, 0) is 25.0 Å². The maximum absolute atomic E-state index is 10.0. The quantitative estimate of drug-likeness (QED) is 0.779. The van der Waals surface area contributed by atoms with Crippen molar-refractivity contribution in [1.82, 2.24) is 4.98 Å². The third-order valence-corrected chi connectivity index (χ3v) is 2.83. The SMILES string of the molecule is CC(C)C(C)(O)CNc1ccnc(Cl)c1. The van der Waals surface area contributed by atoms with Crippen molar-refractivity contribution in [2.24, 2.45) is 5.92 Å². The molecule has 1 aromatic heterocycles. The minimum Gasteiger partial charge on any atom is -0.388 e. The van der Waals surface area contributed by atoms with E-state index < -0.39 is 5.60 Å². The van der Waals surface area contributed by atoms with Gasteiger partial charge >= 0.3 is 0 Å². The maximum Gasteiger partial charge on any atom is 0.131 e. The predicted molar refractivity (Wildman–Crippen MR) is 63.2 cm³/mol. The molecule has 0 aliphatic heterocycles. The van der Waals surface area contributed by atoms with E-state index in [9.17, 15) is 5.11 Å². The predicted octanol–water partition coefficient (Wildman–Crippen LogP) is 2.55. The van der Waals surface area contributed by atoms with E-state index in [4.69, 9.17) is 11.6 Å². The Morgan fingerprint density at radius 1 is 1.60 bits per heavy atom. The van der Waals surface area contributed by atoms with Crippen LogP contribution in [-0.4, -0.2) is 22.2 Å². The Labute approximate surface area is 95.5 Å². The number of rotatable bonds is 4. The van der Waals surface area contributed by atoms with Crippen LogP contribution >= 0.6 is 11.6 Å². The van der Waals surface area contributed by atoms with Gasteiger partial charge in [-0.25, -0.2) is 4.98 Å². The van der Waals surface area contributed by atoms with Crippen molar-refractivity contribution >= 4 is 17.3 Å². The normalized spacial score (nSPS) is 15.1. The van der Waals surface area contributed by atoms with E-state index in [0.717, 1.165) is 5.69 Å². The molecule has 1 unspecified atom stereocenters. The van der Waals surface area contributed by atoms with Crippen molar-refractivity contribution in [3.8, 4) is 0 Å².